The molecule has 1 aromatic heterocycles. The van der Waals surface area contributed by atoms with Crippen molar-refractivity contribution in [1.82, 2.24) is 9.55 Å². The number of aromatic nitrogens is 2. The summed E-state index contributed by atoms with van der Waals surface area (Å²) in [5.41, 5.74) is -0.236. The quantitative estimate of drug-likeness (QED) is 0.789. The maximum Gasteiger partial charge on any atom is 0.372 e. The molecular formula is C17H10FN2O4. The standard InChI is InChI=1S/C17H10FN2O4/c18-13-4-2-1-3-11(13)8-20-15(17(23)24)19-14-7-10(9-21)5-6-12(14)16(20)22/h1-7H,8H2,(H,23,24). The minimum Gasteiger partial charge on any atom is -0.475 e. The maximum atomic E-state index is 13.8. The number of aromatic carboxylic acids is 1. The van der Waals surface area contributed by atoms with Gasteiger partial charge in [0.25, 0.3) is 5.56 Å². The van der Waals surface area contributed by atoms with Crippen molar-refractivity contribution in [2.75, 3.05) is 0 Å². The second-order valence-electron chi connectivity index (χ2n) is 5.06. The second kappa shape index (κ2) is 6.04. The Kier molecular flexibility index (Phi) is 3.91. The third-order valence-corrected chi connectivity index (χ3v) is 3.55. The first-order chi connectivity index (χ1) is 11.5. The van der Waals surface area contributed by atoms with Gasteiger partial charge in [-0.2, -0.15) is 0 Å². The van der Waals surface area contributed by atoms with E-state index in [-0.39, 0.29) is 28.6 Å². The van der Waals surface area contributed by atoms with Gasteiger partial charge in [0.1, 0.15) is 5.82 Å². The average molecular weight is 325 g/mol. The first kappa shape index (κ1) is 15.5. The molecule has 6 nitrogen and oxygen atoms in total. The molecule has 0 aliphatic heterocycles. The molecule has 119 valence electrons. The van der Waals surface area contributed by atoms with E-state index in [1.807, 2.05) is 0 Å². The number of carbonyl (C=O) groups is 1. The highest BCUT2D eigenvalue weighted by Gasteiger charge is 2.18. The number of hydrogen-bond acceptors (Lipinski definition) is 4. The maximum absolute atomic E-state index is 13.8. The van der Waals surface area contributed by atoms with Crippen LogP contribution in [0, 0.1) is 5.82 Å². The van der Waals surface area contributed by atoms with Gasteiger partial charge in [0.05, 0.1) is 17.4 Å². The van der Waals surface area contributed by atoms with Gasteiger partial charge in [0, 0.05) is 11.1 Å². The Morgan fingerprint density at radius 2 is 2.00 bits per heavy atom. The number of hydrogen-bond donors (Lipinski definition) is 1. The van der Waals surface area contributed by atoms with Crippen LogP contribution in [0.4, 0.5) is 4.39 Å². The molecule has 24 heavy (non-hydrogen) atoms. The first-order valence-electron chi connectivity index (χ1n) is 6.90. The SMILES string of the molecule is O=[C]c1ccc2c(=O)n(Cc3ccccc3F)c(C(=O)O)nc2c1. The van der Waals surface area contributed by atoms with Gasteiger partial charge in [0.15, 0.2) is 0 Å². The Balaban J connectivity index is 2.26. The van der Waals surface area contributed by atoms with E-state index in [0.717, 1.165) is 4.57 Å². The van der Waals surface area contributed by atoms with Crippen molar-refractivity contribution in [3.8, 4) is 0 Å². The van der Waals surface area contributed by atoms with Crippen molar-refractivity contribution in [2.24, 2.45) is 0 Å². The molecule has 0 atom stereocenters. The van der Waals surface area contributed by atoms with Gasteiger partial charge in [-0.05, 0) is 24.3 Å². The zero-order chi connectivity index (χ0) is 17.3. The van der Waals surface area contributed by atoms with Gasteiger partial charge >= 0.3 is 5.97 Å². The zero-order valence-electron chi connectivity index (χ0n) is 12.2. The zero-order valence-corrected chi connectivity index (χ0v) is 12.2. The summed E-state index contributed by atoms with van der Waals surface area (Å²) in [4.78, 5) is 38.7. The first-order valence-corrected chi connectivity index (χ1v) is 6.90. The molecule has 3 rings (SSSR count). The van der Waals surface area contributed by atoms with Crippen LogP contribution in [0.15, 0.2) is 47.3 Å². The summed E-state index contributed by atoms with van der Waals surface area (Å²) in [6.45, 7) is -0.266. The highest BCUT2D eigenvalue weighted by atomic mass is 19.1. The van der Waals surface area contributed by atoms with E-state index in [4.69, 9.17) is 0 Å². The van der Waals surface area contributed by atoms with Crippen LogP contribution in [0.2, 0.25) is 0 Å². The van der Waals surface area contributed by atoms with E-state index in [1.54, 1.807) is 12.4 Å². The number of carbonyl (C=O) groups excluding carboxylic acids is 1. The minimum absolute atomic E-state index is 0.0723. The smallest absolute Gasteiger partial charge is 0.372 e. The van der Waals surface area contributed by atoms with Crippen LogP contribution < -0.4 is 5.56 Å². The topological polar surface area (TPSA) is 89.3 Å². The van der Waals surface area contributed by atoms with Crippen molar-refractivity contribution in [3.05, 3.63) is 75.6 Å². The Morgan fingerprint density at radius 1 is 1.25 bits per heavy atom. The molecule has 0 unspecified atom stereocenters. The monoisotopic (exact) mass is 325 g/mol. The molecule has 3 aromatic rings. The highest BCUT2D eigenvalue weighted by Crippen LogP contribution is 2.13. The van der Waals surface area contributed by atoms with Crippen molar-refractivity contribution in [3.63, 3.8) is 0 Å². The average Bonchev–Trinajstić information content (AvgIpc) is 2.58. The fourth-order valence-electron chi connectivity index (χ4n) is 2.39. The molecule has 0 aliphatic carbocycles. The number of carboxylic acid groups (broad SMARTS) is 1. The van der Waals surface area contributed by atoms with Crippen LogP contribution in [0.3, 0.4) is 0 Å². The lowest BCUT2D eigenvalue weighted by molar-refractivity contribution is 0.0677. The van der Waals surface area contributed by atoms with Gasteiger partial charge < -0.3 is 5.11 Å². The van der Waals surface area contributed by atoms with Crippen molar-refractivity contribution in [2.45, 2.75) is 6.54 Å². The lowest BCUT2D eigenvalue weighted by Gasteiger charge is -2.11. The van der Waals surface area contributed by atoms with E-state index in [2.05, 4.69) is 4.98 Å². The normalized spacial score (nSPS) is 10.7. The predicted octanol–water partition coefficient (Wildman–Crippen LogP) is 1.74. The molecule has 0 bridgehead atoms. The minimum atomic E-state index is -1.43. The summed E-state index contributed by atoms with van der Waals surface area (Å²) in [6, 6.07) is 9.80. The number of nitrogens with zero attached hydrogens (tertiary/aromatic N) is 2. The third kappa shape index (κ3) is 2.67. The van der Waals surface area contributed by atoms with Crippen LogP contribution in [0.1, 0.15) is 21.7 Å². The summed E-state index contributed by atoms with van der Waals surface area (Å²) in [7, 11) is 0. The van der Waals surface area contributed by atoms with Gasteiger partial charge in [-0.15, -0.1) is 0 Å². The van der Waals surface area contributed by atoms with Crippen LogP contribution >= 0.6 is 0 Å². The molecule has 1 N–H and O–H groups in total. The molecule has 0 aliphatic rings. The van der Waals surface area contributed by atoms with E-state index in [9.17, 15) is 23.9 Å². The lowest BCUT2D eigenvalue weighted by atomic mass is 10.1. The molecule has 0 saturated heterocycles. The lowest BCUT2D eigenvalue weighted by Crippen LogP contribution is -2.28. The van der Waals surface area contributed by atoms with E-state index in [0.29, 0.717) is 0 Å². The van der Waals surface area contributed by atoms with Crippen molar-refractivity contribution >= 4 is 23.2 Å². The molecular weight excluding hydrogens is 315 g/mol. The van der Waals surface area contributed by atoms with Crippen LogP contribution in [0.5, 0.6) is 0 Å². The fraction of sp³-hybridized carbons (Fsp3) is 0.0588. The van der Waals surface area contributed by atoms with E-state index in [1.165, 1.54) is 36.4 Å². The number of fused-ring (bicyclic) bond motifs is 1. The summed E-state index contributed by atoms with van der Waals surface area (Å²) in [5.74, 6) is -2.50. The molecule has 2 aromatic carbocycles. The Labute approximate surface area is 134 Å². The van der Waals surface area contributed by atoms with Crippen molar-refractivity contribution < 1.29 is 19.1 Å². The molecule has 1 radical (unpaired) electrons. The molecule has 7 heteroatoms. The predicted molar refractivity (Wildman–Crippen MR) is 83.3 cm³/mol. The van der Waals surface area contributed by atoms with Gasteiger partial charge in [-0.25, -0.2) is 14.2 Å². The number of rotatable bonds is 4. The molecule has 1 heterocycles. The molecule has 0 fully saturated rings. The molecule has 0 spiro atoms. The Morgan fingerprint density at radius 3 is 2.67 bits per heavy atom. The summed E-state index contributed by atoms with van der Waals surface area (Å²) >= 11 is 0. The number of benzene rings is 2. The van der Waals surface area contributed by atoms with Gasteiger partial charge in [-0.1, -0.05) is 18.2 Å². The molecule has 0 amide bonds. The summed E-state index contributed by atoms with van der Waals surface area (Å²) in [5, 5.41) is 9.46. The van der Waals surface area contributed by atoms with Crippen LogP contribution in [-0.2, 0) is 11.3 Å². The van der Waals surface area contributed by atoms with Crippen molar-refractivity contribution in [1.29, 1.82) is 0 Å². The number of halogens is 1. The largest absolute Gasteiger partial charge is 0.475 e. The Hall–Kier alpha value is -3.35. The van der Waals surface area contributed by atoms with Crippen LogP contribution in [0.25, 0.3) is 10.9 Å². The highest BCUT2D eigenvalue weighted by molar-refractivity contribution is 5.90. The fourth-order valence-corrected chi connectivity index (χ4v) is 2.39. The van der Waals surface area contributed by atoms with E-state index >= 15 is 0 Å². The second-order valence-corrected chi connectivity index (χ2v) is 5.06. The summed E-state index contributed by atoms with van der Waals surface area (Å²) in [6.07, 6.45) is 1.65. The molecule has 0 saturated carbocycles. The van der Waals surface area contributed by atoms with Gasteiger partial charge in [-0.3, -0.25) is 14.2 Å². The third-order valence-electron chi connectivity index (χ3n) is 3.55. The van der Waals surface area contributed by atoms with Gasteiger partial charge in [0.2, 0.25) is 12.1 Å². The number of carboxylic acids is 1. The Bertz CT molecular complexity index is 1030. The summed E-state index contributed by atoms with van der Waals surface area (Å²) < 4.78 is 14.7. The van der Waals surface area contributed by atoms with E-state index < -0.39 is 23.2 Å². The van der Waals surface area contributed by atoms with Crippen LogP contribution in [-0.4, -0.2) is 26.9 Å².